The van der Waals surface area contributed by atoms with E-state index in [1.54, 1.807) is 48.5 Å². The van der Waals surface area contributed by atoms with Crippen LogP contribution in [-0.4, -0.2) is 22.3 Å². The maximum absolute atomic E-state index is 11.7. The zero-order valence-electron chi connectivity index (χ0n) is 10.9. The predicted molar refractivity (Wildman–Crippen MR) is 88.0 cm³/mol. The highest BCUT2D eigenvalue weighted by Crippen LogP contribution is 2.19. The van der Waals surface area contributed by atoms with E-state index in [1.807, 2.05) is 22.6 Å². The third-order valence-corrected chi connectivity index (χ3v) is 3.59. The van der Waals surface area contributed by atoms with Gasteiger partial charge in [0.1, 0.15) is 5.75 Å². The highest BCUT2D eigenvalue weighted by Gasteiger charge is 2.15. The number of phenolic OH excluding ortho intramolecular Hbond substituents is 1. The van der Waals surface area contributed by atoms with Crippen LogP contribution >= 0.6 is 22.6 Å². The van der Waals surface area contributed by atoms with Gasteiger partial charge in [-0.1, -0.05) is 30.3 Å². The first-order valence-electron chi connectivity index (χ1n) is 6.12. The minimum Gasteiger partial charge on any atom is -0.507 e. The number of nitrogens with one attached hydrogen (secondary N) is 1. The molecule has 0 spiro atoms. The Kier molecular flexibility index (Phi) is 5.29. The summed E-state index contributed by atoms with van der Waals surface area (Å²) in [5.74, 6) is -0.415. The van der Waals surface area contributed by atoms with Gasteiger partial charge in [0.2, 0.25) is 0 Å². The SMILES string of the molecule is O=C(NN=Cc1ccc(O)c(I)c1)C(O)c1ccccc1. The lowest BCUT2D eigenvalue weighted by Gasteiger charge is -2.08. The quantitative estimate of drug-likeness (QED) is 0.421. The number of phenols is 1. The molecule has 1 unspecified atom stereocenters. The minimum absolute atomic E-state index is 0.191. The minimum atomic E-state index is -1.26. The van der Waals surface area contributed by atoms with Gasteiger partial charge in [0.15, 0.2) is 6.10 Å². The van der Waals surface area contributed by atoms with Crippen LogP contribution in [0, 0.1) is 3.57 Å². The molecule has 108 valence electrons. The fourth-order valence-electron chi connectivity index (χ4n) is 1.62. The standard InChI is InChI=1S/C15H13IN2O3/c16-12-8-10(6-7-13(12)19)9-17-18-15(21)14(20)11-4-2-1-3-5-11/h1-9,14,19-20H,(H,18,21). The van der Waals surface area contributed by atoms with E-state index in [0.717, 1.165) is 5.56 Å². The lowest BCUT2D eigenvalue weighted by Crippen LogP contribution is -2.25. The lowest BCUT2D eigenvalue weighted by molar-refractivity contribution is -0.129. The topological polar surface area (TPSA) is 81.9 Å². The zero-order valence-corrected chi connectivity index (χ0v) is 13.1. The third-order valence-electron chi connectivity index (χ3n) is 2.72. The summed E-state index contributed by atoms with van der Waals surface area (Å²) in [5.41, 5.74) is 3.51. The molecule has 5 nitrogen and oxygen atoms in total. The molecule has 1 atom stereocenters. The van der Waals surface area contributed by atoms with Gasteiger partial charge in [-0.25, -0.2) is 5.43 Å². The Morgan fingerprint density at radius 2 is 1.95 bits per heavy atom. The van der Waals surface area contributed by atoms with Crippen molar-refractivity contribution in [3.8, 4) is 5.75 Å². The number of aromatic hydroxyl groups is 1. The molecule has 0 aliphatic heterocycles. The fraction of sp³-hybridized carbons (Fsp3) is 0.0667. The van der Waals surface area contributed by atoms with Gasteiger partial charge in [-0.2, -0.15) is 5.10 Å². The number of carbonyl (C=O) groups excluding carboxylic acids is 1. The highest BCUT2D eigenvalue weighted by molar-refractivity contribution is 14.1. The molecule has 0 aliphatic rings. The van der Waals surface area contributed by atoms with E-state index in [9.17, 15) is 15.0 Å². The number of hydrazone groups is 1. The Hall–Kier alpha value is -1.93. The van der Waals surface area contributed by atoms with Crippen molar-refractivity contribution in [2.24, 2.45) is 5.10 Å². The van der Waals surface area contributed by atoms with Crippen LogP contribution in [0.25, 0.3) is 0 Å². The van der Waals surface area contributed by atoms with Crippen molar-refractivity contribution in [2.45, 2.75) is 6.10 Å². The normalized spacial score (nSPS) is 12.3. The molecule has 21 heavy (non-hydrogen) atoms. The van der Waals surface area contributed by atoms with Crippen molar-refractivity contribution < 1.29 is 15.0 Å². The summed E-state index contributed by atoms with van der Waals surface area (Å²) in [6.07, 6.45) is 0.181. The Morgan fingerprint density at radius 3 is 2.62 bits per heavy atom. The smallest absolute Gasteiger partial charge is 0.273 e. The number of amides is 1. The van der Waals surface area contributed by atoms with Gasteiger partial charge in [-0.15, -0.1) is 0 Å². The predicted octanol–water partition coefficient (Wildman–Crippen LogP) is 2.18. The number of aliphatic hydroxyl groups is 1. The number of rotatable bonds is 4. The molecule has 0 radical (unpaired) electrons. The molecule has 3 N–H and O–H groups in total. The Balaban J connectivity index is 1.97. The van der Waals surface area contributed by atoms with E-state index < -0.39 is 12.0 Å². The van der Waals surface area contributed by atoms with Crippen LogP contribution in [0.5, 0.6) is 5.75 Å². The number of aliphatic hydroxyl groups excluding tert-OH is 1. The molecule has 6 heteroatoms. The van der Waals surface area contributed by atoms with Crippen LogP contribution in [-0.2, 0) is 4.79 Å². The van der Waals surface area contributed by atoms with E-state index in [4.69, 9.17) is 0 Å². The van der Waals surface area contributed by atoms with Crippen LogP contribution in [0.15, 0.2) is 53.6 Å². The largest absolute Gasteiger partial charge is 0.507 e. The van der Waals surface area contributed by atoms with Gasteiger partial charge in [0, 0.05) is 0 Å². The maximum atomic E-state index is 11.7. The third kappa shape index (κ3) is 4.27. The van der Waals surface area contributed by atoms with Crippen molar-refractivity contribution in [3.63, 3.8) is 0 Å². The molecule has 2 aromatic rings. The first-order chi connectivity index (χ1) is 10.1. The van der Waals surface area contributed by atoms with Crippen LogP contribution < -0.4 is 5.43 Å². The molecule has 0 fully saturated rings. The van der Waals surface area contributed by atoms with E-state index in [1.165, 1.54) is 6.21 Å². The van der Waals surface area contributed by atoms with Crippen LogP contribution in [0.3, 0.4) is 0 Å². The van der Waals surface area contributed by atoms with Gasteiger partial charge in [-0.3, -0.25) is 4.79 Å². The van der Waals surface area contributed by atoms with Crippen LogP contribution in [0.2, 0.25) is 0 Å². The van der Waals surface area contributed by atoms with Crippen molar-refractivity contribution in [2.75, 3.05) is 0 Å². The molecule has 2 aromatic carbocycles. The molecule has 0 bridgehead atoms. The summed E-state index contributed by atoms with van der Waals surface area (Å²) in [7, 11) is 0. The zero-order chi connectivity index (χ0) is 15.2. The van der Waals surface area contributed by atoms with Crippen molar-refractivity contribution in [3.05, 3.63) is 63.2 Å². The molecule has 0 heterocycles. The Morgan fingerprint density at radius 1 is 1.24 bits per heavy atom. The summed E-state index contributed by atoms with van der Waals surface area (Å²) in [6.45, 7) is 0. The first-order valence-corrected chi connectivity index (χ1v) is 7.20. The van der Waals surface area contributed by atoms with E-state index in [-0.39, 0.29) is 5.75 Å². The van der Waals surface area contributed by atoms with E-state index in [0.29, 0.717) is 9.13 Å². The molecule has 0 aromatic heterocycles. The molecule has 2 rings (SSSR count). The van der Waals surface area contributed by atoms with Gasteiger partial charge in [0.25, 0.3) is 5.91 Å². The summed E-state index contributed by atoms with van der Waals surface area (Å²) in [4.78, 5) is 11.7. The number of nitrogens with zero attached hydrogens (tertiary/aromatic N) is 1. The van der Waals surface area contributed by atoms with E-state index >= 15 is 0 Å². The molecular formula is C15H13IN2O3. The van der Waals surface area contributed by atoms with Crippen LogP contribution in [0.1, 0.15) is 17.2 Å². The summed E-state index contributed by atoms with van der Waals surface area (Å²) < 4.78 is 0.687. The number of hydrogen-bond donors (Lipinski definition) is 3. The summed E-state index contributed by atoms with van der Waals surface area (Å²) in [5, 5.41) is 23.0. The van der Waals surface area contributed by atoms with Gasteiger partial charge < -0.3 is 10.2 Å². The number of halogens is 1. The summed E-state index contributed by atoms with van der Waals surface area (Å²) in [6, 6.07) is 13.6. The van der Waals surface area contributed by atoms with Gasteiger partial charge >= 0.3 is 0 Å². The van der Waals surface area contributed by atoms with Crippen LogP contribution in [0.4, 0.5) is 0 Å². The second-order valence-electron chi connectivity index (χ2n) is 4.26. The number of carbonyl (C=O) groups is 1. The number of hydrogen-bond acceptors (Lipinski definition) is 4. The van der Waals surface area contributed by atoms with Gasteiger partial charge in [-0.05, 0) is 51.9 Å². The number of benzene rings is 2. The average molecular weight is 396 g/mol. The van der Waals surface area contributed by atoms with Gasteiger partial charge in [0.05, 0.1) is 9.78 Å². The first kappa shape index (κ1) is 15.5. The van der Waals surface area contributed by atoms with Crippen molar-refractivity contribution >= 4 is 34.7 Å². The monoisotopic (exact) mass is 396 g/mol. The molecule has 0 aliphatic carbocycles. The second-order valence-corrected chi connectivity index (χ2v) is 5.42. The second kappa shape index (κ2) is 7.19. The van der Waals surface area contributed by atoms with Crippen molar-refractivity contribution in [1.29, 1.82) is 0 Å². The maximum Gasteiger partial charge on any atom is 0.273 e. The van der Waals surface area contributed by atoms with E-state index in [2.05, 4.69) is 10.5 Å². The summed E-state index contributed by atoms with van der Waals surface area (Å²) >= 11 is 1.99. The fourth-order valence-corrected chi connectivity index (χ4v) is 2.16. The average Bonchev–Trinajstić information content (AvgIpc) is 2.51. The molecule has 0 saturated carbocycles. The molecule has 1 amide bonds. The van der Waals surface area contributed by atoms with Crippen molar-refractivity contribution in [1.82, 2.24) is 5.43 Å². The Bertz CT molecular complexity index is 659. The Labute approximate surface area is 135 Å². The molecular weight excluding hydrogens is 383 g/mol. The molecule has 0 saturated heterocycles. The lowest BCUT2D eigenvalue weighted by atomic mass is 10.1. The highest BCUT2D eigenvalue weighted by atomic mass is 127.